The summed E-state index contributed by atoms with van der Waals surface area (Å²) in [7, 11) is -2.09. The quantitative estimate of drug-likeness (QED) is 0.257. The third kappa shape index (κ3) is 4.71. The van der Waals surface area contributed by atoms with Gasteiger partial charge in [0.2, 0.25) is 10.0 Å². The second-order valence-corrected chi connectivity index (χ2v) is 10.1. The number of halogens is 1. The van der Waals surface area contributed by atoms with Crippen LogP contribution in [0.5, 0.6) is 5.75 Å². The number of imidazole rings is 1. The number of hydrogen-bond acceptors (Lipinski definition) is 6. The van der Waals surface area contributed by atoms with E-state index >= 15 is 0 Å². The molecule has 4 aromatic rings. The van der Waals surface area contributed by atoms with Gasteiger partial charge in [-0.1, -0.05) is 17.7 Å². The van der Waals surface area contributed by atoms with Gasteiger partial charge in [0.25, 0.3) is 0 Å². The molecular weight excluding hydrogens is 470 g/mol. The number of Topliss-reactive ketones (excluding diaryl/α,β-unsaturated/α-hetero) is 1. The number of sulfonamides is 1. The van der Waals surface area contributed by atoms with E-state index < -0.39 is 10.0 Å². The van der Waals surface area contributed by atoms with E-state index in [9.17, 15) is 13.2 Å². The van der Waals surface area contributed by atoms with Crippen LogP contribution < -0.4 is 9.46 Å². The van der Waals surface area contributed by atoms with Crippen molar-refractivity contribution in [3.63, 3.8) is 0 Å². The summed E-state index contributed by atoms with van der Waals surface area (Å²) >= 11 is 7.35. The fourth-order valence-electron chi connectivity index (χ4n) is 3.28. The van der Waals surface area contributed by atoms with Crippen LogP contribution in [-0.2, 0) is 10.0 Å². The number of hydrogen-bond donors (Lipinski definition) is 2. The molecule has 2 N–H and O–H groups in total. The molecule has 10 heteroatoms. The Labute approximate surface area is 194 Å². The van der Waals surface area contributed by atoms with Crippen molar-refractivity contribution in [3.8, 4) is 16.5 Å². The fraction of sp³-hybridized carbons (Fsp3) is 0.182. The van der Waals surface area contributed by atoms with Crippen LogP contribution in [0.15, 0.2) is 58.8 Å². The number of nitrogens with zero attached hydrogens (tertiary/aromatic N) is 1. The van der Waals surface area contributed by atoms with E-state index in [2.05, 4.69) is 14.7 Å². The molecule has 2 aromatic heterocycles. The molecule has 0 bridgehead atoms. The molecule has 0 aliphatic rings. The Morgan fingerprint density at radius 3 is 2.66 bits per heavy atom. The van der Waals surface area contributed by atoms with Crippen molar-refractivity contribution in [1.82, 2.24) is 14.7 Å². The summed E-state index contributed by atoms with van der Waals surface area (Å²) in [6.07, 6.45) is 0.521. The number of benzene rings is 2. The first-order valence-corrected chi connectivity index (χ1v) is 12.5. The van der Waals surface area contributed by atoms with E-state index in [1.165, 1.54) is 24.3 Å². The zero-order valence-corrected chi connectivity index (χ0v) is 19.5. The molecule has 0 saturated heterocycles. The van der Waals surface area contributed by atoms with Crippen LogP contribution in [0.1, 0.15) is 23.2 Å². The first kappa shape index (κ1) is 22.5. The second-order valence-electron chi connectivity index (χ2n) is 6.98. The number of H-pyrrole nitrogens is 1. The summed E-state index contributed by atoms with van der Waals surface area (Å²) in [4.78, 5) is 21.9. The number of aromatic amines is 1. The zero-order chi connectivity index (χ0) is 22.7. The van der Waals surface area contributed by atoms with Crippen molar-refractivity contribution in [2.24, 2.45) is 0 Å². The third-order valence-corrected chi connectivity index (χ3v) is 7.48. The molecule has 2 aromatic carbocycles. The van der Waals surface area contributed by atoms with Gasteiger partial charge in [0.15, 0.2) is 5.78 Å². The van der Waals surface area contributed by atoms with Crippen molar-refractivity contribution < 1.29 is 17.9 Å². The van der Waals surface area contributed by atoms with Gasteiger partial charge < -0.3 is 9.72 Å². The molecule has 0 atom stereocenters. The summed E-state index contributed by atoms with van der Waals surface area (Å²) in [5.41, 5.74) is 1.67. The number of carbonyl (C=O) groups excluding carboxylic acids is 1. The molecule has 7 nitrogen and oxygen atoms in total. The Hall–Kier alpha value is -2.72. The van der Waals surface area contributed by atoms with Crippen LogP contribution in [0.3, 0.4) is 0 Å². The van der Waals surface area contributed by atoms with Crippen molar-refractivity contribution >= 4 is 49.8 Å². The highest BCUT2D eigenvalue weighted by molar-refractivity contribution is 7.89. The zero-order valence-electron chi connectivity index (χ0n) is 17.1. The first-order chi connectivity index (χ1) is 15.4. The van der Waals surface area contributed by atoms with E-state index in [1.54, 1.807) is 30.6 Å². The van der Waals surface area contributed by atoms with Crippen LogP contribution in [0.2, 0.25) is 5.02 Å². The predicted octanol–water partition coefficient (Wildman–Crippen LogP) is 4.89. The Balaban J connectivity index is 1.46. The Morgan fingerprint density at radius 2 is 1.97 bits per heavy atom. The lowest BCUT2D eigenvalue weighted by atomic mass is 10.0. The summed E-state index contributed by atoms with van der Waals surface area (Å²) in [6.45, 7) is 0.136. The average molecular weight is 490 g/mol. The molecule has 166 valence electrons. The minimum Gasteiger partial charge on any atom is -0.494 e. The van der Waals surface area contributed by atoms with Gasteiger partial charge in [-0.05, 0) is 54.3 Å². The van der Waals surface area contributed by atoms with Crippen LogP contribution in [0, 0.1) is 0 Å². The molecule has 0 spiro atoms. The topological polar surface area (TPSA) is 101 Å². The van der Waals surface area contributed by atoms with Crippen LogP contribution in [0.25, 0.3) is 21.7 Å². The van der Waals surface area contributed by atoms with E-state index in [4.69, 9.17) is 16.3 Å². The van der Waals surface area contributed by atoms with Crippen molar-refractivity contribution in [1.29, 1.82) is 0 Å². The van der Waals surface area contributed by atoms with E-state index in [-0.39, 0.29) is 23.6 Å². The van der Waals surface area contributed by atoms with E-state index in [1.807, 2.05) is 17.5 Å². The lowest BCUT2D eigenvalue weighted by molar-refractivity contribution is 0.0982. The highest BCUT2D eigenvalue weighted by Crippen LogP contribution is 2.32. The molecule has 0 radical (unpaired) electrons. The van der Waals surface area contributed by atoms with E-state index in [0.29, 0.717) is 39.6 Å². The number of fused-ring (bicyclic) bond motifs is 1. The maximum atomic E-state index is 12.9. The SMILES string of the molecule is COc1ccc(C(=O)CCCNS(=O)(=O)c2ccc(Cl)cc2)c2nc(-c3cccs3)[nH]c12. The van der Waals surface area contributed by atoms with E-state index in [0.717, 1.165) is 4.88 Å². The molecule has 2 heterocycles. The van der Waals surface area contributed by atoms with Crippen molar-refractivity contribution in [2.75, 3.05) is 13.7 Å². The van der Waals surface area contributed by atoms with Crippen molar-refractivity contribution in [2.45, 2.75) is 17.7 Å². The lowest BCUT2D eigenvalue weighted by Crippen LogP contribution is -2.25. The smallest absolute Gasteiger partial charge is 0.240 e. The van der Waals surface area contributed by atoms with Gasteiger partial charge >= 0.3 is 0 Å². The molecule has 0 aliphatic carbocycles. The fourth-order valence-corrected chi connectivity index (χ4v) is 5.15. The highest BCUT2D eigenvalue weighted by atomic mass is 35.5. The molecule has 0 fully saturated rings. The minimum absolute atomic E-state index is 0.118. The van der Waals surface area contributed by atoms with Gasteiger partial charge in [-0.3, -0.25) is 4.79 Å². The molecule has 0 unspecified atom stereocenters. The number of rotatable bonds is 9. The number of aromatic nitrogens is 2. The van der Waals surface area contributed by atoms with Crippen molar-refractivity contribution in [3.05, 3.63) is 64.5 Å². The van der Waals surface area contributed by atoms with Gasteiger partial charge in [0, 0.05) is 23.6 Å². The minimum atomic E-state index is -3.66. The number of carbonyl (C=O) groups is 1. The normalized spacial score (nSPS) is 11.7. The summed E-state index contributed by atoms with van der Waals surface area (Å²) < 4.78 is 32.6. The predicted molar refractivity (Wildman–Crippen MR) is 126 cm³/mol. The number of nitrogens with one attached hydrogen (secondary N) is 2. The molecule has 0 saturated carbocycles. The standard InChI is InChI=1S/C22H20ClN3O4S2/c1-30-18-11-10-16(20-21(18)26-22(25-20)19-5-3-13-31-19)17(27)4-2-12-24-32(28,29)15-8-6-14(23)7-9-15/h3,5-11,13,24H,2,4,12H2,1H3,(H,25,26). The molecule has 4 rings (SSSR count). The van der Waals surface area contributed by atoms with Gasteiger partial charge in [0.05, 0.1) is 16.9 Å². The third-order valence-electron chi connectivity index (χ3n) is 4.88. The van der Waals surface area contributed by atoms with Gasteiger partial charge in [-0.2, -0.15) is 0 Å². The molecule has 32 heavy (non-hydrogen) atoms. The Bertz CT molecular complexity index is 1350. The maximum absolute atomic E-state index is 12.9. The number of ether oxygens (including phenoxy) is 1. The highest BCUT2D eigenvalue weighted by Gasteiger charge is 2.19. The Kier molecular flexibility index (Phi) is 6.61. The number of methoxy groups -OCH3 is 1. The van der Waals surface area contributed by atoms with Crippen LogP contribution >= 0.6 is 22.9 Å². The molecular formula is C22H20ClN3O4S2. The maximum Gasteiger partial charge on any atom is 0.240 e. The monoisotopic (exact) mass is 489 g/mol. The average Bonchev–Trinajstić information content (AvgIpc) is 3.46. The van der Waals surface area contributed by atoms with Crippen LogP contribution in [0.4, 0.5) is 0 Å². The van der Waals surface area contributed by atoms with Gasteiger partial charge in [-0.25, -0.2) is 18.1 Å². The van der Waals surface area contributed by atoms with Gasteiger partial charge in [0.1, 0.15) is 22.6 Å². The second kappa shape index (κ2) is 9.41. The summed E-state index contributed by atoms with van der Waals surface area (Å²) in [6, 6.07) is 13.2. The Morgan fingerprint density at radius 1 is 1.19 bits per heavy atom. The van der Waals surface area contributed by atoms with Gasteiger partial charge in [-0.15, -0.1) is 11.3 Å². The number of ketones is 1. The summed E-state index contributed by atoms with van der Waals surface area (Å²) in [5, 5.41) is 2.41. The largest absolute Gasteiger partial charge is 0.494 e. The summed E-state index contributed by atoms with van der Waals surface area (Å²) in [5.74, 6) is 1.15. The number of thiophene rings is 1. The van der Waals surface area contributed by atoms with Crippen LogP contribution in [-0.4, -0.2) is 37.8 Å². The molecule has 0 aliphatic heterocycles. The lowest BCUT2D eigenvalue weighted by Gasteiger charge is -2.08. The first-order valence-electron chi connectivity index (χ1n) is 9.78. The molecule has 0 amide bonds.